The Hall–Kier alpha value is -0.120. The van der Waals surface area contributed by atoms with E-state index in [1.165, 1.54) is 44.9 Å². The monoisotopic (exact) mass is 258 g/mol. The van der Waals surface area contributed by atoms with Crippen LogP contribution >= 0.6 is 0 Å². The molecular weight excluding hydrogens is 228 g/mol. The minimum atomic E-state index is -0.331. The van der Waals surface area contributed by atoms with Crippen LogP contribution in [0.5, 0.6) is 0 Å². The Morgan fingerprint density at radius 1 is 1.00 bits per heavy atom. The second-order valence-corrected chi connectivity index (χ2v) is 5.39. The first kappa shape index (κ1) is 15.9. The van der Waals surface area contributed by atoms with Gasteiger partial charge in [0, 0.05) is 13.0 Å². The van der Waals surface area contributed by atoms with Gasteiger partial charge >= 0.3 is 0 Å². The van der Waals surface area contributed by atoms with Gasteiger partial charge in [-0.1, -0.05) is 51.9 Å². The number of hydrogen-bond acceptors (Lipinski definition) is 3. The van der Waals surface area contributed by atoms with Crippen LogP contribution in [0, 0.1) is 0 Å². The highest BCUT2D eigenvalue weighted by Gasteiger charge is 2.20. The fraction of sp³-hybridized carbons (Fsp3) is 1.00. The van der Waals surface area contributed by atoms with Crippen LogP contribution in [0.25, 0.3) is 0 Å². The maximum Gasteiger partial charge on any atom is 0.0833 e. The van der Waals surface area contributed by atoms with E-state index in [9.17, 15) is 5.11 Å². The lowest BCUT2D eigenvalue weighted by atomic mass is 10.1. The molecule has 3 heteroatoms. The largest absolute Gasteiger partial charge is 0.391 e. The third-order valence-corrected chi connectivity index (χ3v) is 3.50. The van der Waals surface area contributed by atoms with Crippen molar-refractivity contribution in [2.24, 2.45) is 0 Å². The molecule has 108 valence electrons. The van der Waals surface area contributed by atoms with E-state index in [0.717, 1.165) is 19.4 Å². The van der Waals surface area contributed by atoms with Crippen molar-refractivity contribution < 1.29 is 14.6 Å². The van der Waals surface area contributed by atoms with E-state index in [2.05, 4.69) is 6.92 Å². The normalized spacial score (nSPS) is 24.3. The molecule has 1 N–H and O–H groups in total. The summed E-state index contributed by atoms with van der Waals surface area (Å²) in [5, 5.41) is 9.42. The van der Waals surface area contributed by atoms with Crippen molar-refractivity contribution >= 4 is 0 Å². The maximum atomic E-state index is 9.42. The molecular formula is C15H30O3. The van der Waals surface area contributed by atoms with Crippen molar-refractivity contribution in [2.75, 3.05) is 19.8 Å². The van der Waals surface area contributed by atoms with Gasteiger partial charge in [-0.15, -0.1) is 0 Å². The van der Waals surface area contributed by atoms with Gasteiger partial charge in [0.2, 0.25) is 0 Å². The molecule has 0 aromatic rings. The van der Waals surface area contributed by atoms with E-state index in [0.29, 0.717) is 13.2 Å². The molecule has 0 radical (unpaired) electrons. The Labute approximate surface area is 112 Å². The van der Waals surface area contributed by atoms with Crippen molar-refractivity contribution in [3.63, 3.8) is 0 Å². The first-order valence-electron chi connectivity index (χ1n) is 7.70. The van der Waals surface area contributed by atoms with Gasteiger partial charge in [-0.25, -0.2) is 0 Å². The molecule has 1 heterocycles. The minimum Gasteiger partial charge on any atom is -0.391 e. The van der Waals surface area contributed by atoms with E-state index < -0.39 is 0 Å². The number of unbranched alkanes of at least 4 members (excludes halogenated alkanes) is 7. The van der Waals surface area contributed by atoms with Crippen LogP contribution in [-0.2, 0) is 9.47 Å². The molecule has 0 aromatic heterocycles. The predicted octanol–water partition coefficient (Wildman–Crippen LogP) is 3.29. The number of aliphatic hydroxyl groups is 1. The summed E-state index contributed by atoms with van der Waals surface area (Å²) in [6, 6.07) is 0. The topological polar surface area (TPSA) is 38.7 Å². The van der Waals surface area contributed by atoms with Crippen molar-refractivity contribution in [1.82, 2.24) is 0 Å². The van der Waals surface area contributed by atoms with Gasteiger partial charge in [-0.05, 0) is 6.42 Å². The quantitative estimate of drug-likeness (QED) is 0.611. The average molecular weight is 258 g/mol. The Balaban J connectivity index is 1.80. The Morgan fingerprint density at radius 3 is 2.33 bits per heavy atom. The highest BCUT2D eigenvalue weighted by atomic mass is 16.5. The molecule has 0 bridgehead atoms. The second kappa shape index (κ2) is 10.8. The lowest BCUT2D eigenvalue weighted by Gasteiger charge is -2.26. The van der Waals surface area contributed by atoms with Crippen molar-refractivity contribution in [2.45, 2.75) is 76.9 Å². The lowest BCUT2D eigenvalue weighted by molar-refractivity contribution is -0.0989. The smallest absolute Gasteiger partial charge is 0.0833 e. The summed E-state index contributed by atoms with van der Waals surface area (Å²) in [6.45, 7) is 4.19. The second-order valence-electron chi connectivity index (χ2n) is 5.39. The SMILES string of the molecule is CCCCCCCCCCOC1COCC(O)C1. The molecule has 1 fully saturated rings. The first-order valence-corrected chi connectivity index (χ1v) is 7.70. The molecule has 0 amide bonds. The van der Waals surface area contributed by atoms with Crippen LogP contribution in [0.1, 0.15) is 64.7 Å². The minimum absolute atomic E-state index is 0.110. The van der Waals surface area contributed by atoms with Crippen LogP contribution < -0.4 is 0 Å². The molecule has 18 heavy (non-hydrogen) atoms. The summed E-state index contributed by atoms with van der Waals surface area (Å²) in [5.41, 5.74) is 0. The predicted molar refractivity (Wildman–Crippen MR) is 73.8 cm³/mol. The Kier molecular flexibility index (Phi) is 9.54. The zero-order valence-corrected chi connectivity index (χ0v) is 11.9. The maximum absolute atomic E-state index is 9.42. The van der Waals surface area contributed by atoms with E-state index in [4.69, 9.17) is 9.47 Å². The highest BCUT2D eigenvalue weighted by molar-refractivity contribution is 4.69. The van der Waals surface area contributed by atoms with Gasteiger partial charge in [0.25, 0.3) is 0 Å². The average Bonchev–Trinajstić information content (AvgIpc) is 2.37. The van der Waals surface area contributed by atoms with Crippen molar-refractivity contribution in [3.8, 4) is 0 Å². The van der Waals surface area contributed by atoms with Gasteiger partial charge in [0.15, 0.2) is 0 Å². The van der Waals surface area contributed by atoms with Gasteiger partial charge < -0.3 is 14.6 Å². The van der Waals surface area contributed by atoms with Crippen LogP contribution in [-0.4, -0.2) is 37.1 Å². The third-order valence-electron chi connectivity index (χ3n) is 3.50. The number of rotatable bonds is 10. The summed E-state index contributed by atoms with van der Waals surface area (Å²) < 4.78 is 11.0. The standard InChI is InChI=1S/C15H30O3/c1-2-3-4-5-6-7-8-9-10-18-15-11-14(16)12-17-13-15/h14-16H,2-13H2,1H3. The van der Waals surface area contributed by atoms with Crippen LogP contribution in [0.3, 0.4) is 0 Å². The van der Waals surface area contributed by atoms with Gasteiger partial charge in [0.05, 0.1) is 25.4 Å². The van der Waals surface area contributed by atoms with Crippen LogP contribution in [0.4, 0.5) is 0 Å². The molecule has 1 aliphatic rings. The van der Waals surface area contributed by atoms with E-state index in [-0.39, 0.29) is 12.2 Å². The molecule has 2 atom stereocenters. The fourth-order valence-corrected chi connectivity index (χ4v) is 2.38. The van der Waals surface area contributed by atoms with Gasteiger partial charge in [-0.3, -0.25) is 0 Å². The third kappa shape index (κ3) is 8.06. The zero-order valence-electron chi connectivity index (χ0n) is 11.9. The van der Waals surface area contributed by atoms with Crippen molar-refractivity contribution in [1.29, 1.82) is 0 Å². The molecule has 0 aromatic carbocycles. The molecule has 1 saturated heterocycles. The van der Waals surface area contributed by atoms with E-state index in [1.807, 2.05) is 0 Å². The Morgan fingerprint density at radius 2 is 1.67 bits per heavy atom. The molecule has 0 aliphatic carbocycles. The van der Waals surface area contributed by atoms with Crippen LogP contribution in [0.2, 0.25) is 0 Å². The number of aliphatic hydroxyl groups excluding tert-OH is 1. The van der Waals surface area contributed by atoms with Crippen LogP contribution in [0.15, 0.2) is 0 Å². The van der Waals surface area contributed by atoms with E-state index >= 15 is 0 Å². The zero-order chi connectivity index (χ0) is 13.1. The molecule has 1 aliphatic heterocycles. The number of hydrogen-bond donors (Lipinski definition) is 1. The summed E-state index contributed by atoms with van der Waals surface area (Å²) in [7, 11) is 0. The van der Waals surface area contributed by atoms with Gasteiger partial charge in [0.1, 0.15) is 0 Å². The molecule has 3 nitrogen and oxygen atoms in total. The molecule has 0 spiro atoms. The lowest BCUT2D eigenvalue weighted by Crippen LogP contribution is -2.34. The molecule has 0 saturated carbocycles. The van der Waals surface area contributed by atoms with Gasteiger partial charge in [-0.2, -0.15) is 0 Å². The summed E-state index contributed by atoms with van der Waals surface area (Å²) in [4.78, 5) is 0. The molecule has 2 unspecified atom stereocenters. The summed E-state index contributed by atoms with van der Waals surface area (Å²) in [5.74, 6) is 0. The van der Waals surface area contributed by atoms with Crippen molar-refractivity contribution in [3.05, 3.63) is 0 Å². The fourth-order valence-electron chi connectivity index (χ4n) is 2.38. The number of ether oxygens (including phenoxy) is 2. The first-order chi connectivity index (χ1) is 8.83. The Bertz CT molecular complexity index is 185. The highest BCUT2D eigenvalue weighted by Crippen LogP contribution is 2.12. The van der Waals surface area contributed by atoms with E-state index in [1.54, 1.807) is 0 Å². The summed E-state index contributed by atoms with van der Waals surface area (Å²) in [6.07, 6.45) is 11.1. The molecule has 1 rings (SSSR count). The summed E-state index contributed by atoms with van der Waals surface area (Å²) >= 11 is 0.